The summed E-state index contributed by atoms with van der Waals surface area (Å²) in [4.78, 5) is 25.2. The van der Waals surface area contributed by atoms with Crippen molar-refractivity contribution in [3.8, 4) is 0 Å². The maximum Gasteiger partial charge on any atom is 0.407 e. The van der Waals surface area contributed by atoms with Crippen LogP contribution in [0.4, 0.5) is 4.79 Å². The zero-order chi connectivity index (χ0) is 36.0. The molecular weight excluding hydrogens is 654 g/mol. The summed E-state index contributed by atoms with van der Waals surface area (Å²) in [5, 5.41) is 82.4. The van der Waals surface area contributed by atoms with Crippen LogP contribution in [0.2, 0.25) is 0 Å². The lowest BCUT2D eigenvalue weighted by molar-refractivity contribution is -0.330. The van der Waals surface area contributed by atoms with Gasteiger partial charge < -0.3 is 86.8 Å². The molecule has 2 saturated heterocycles. The predicted molar refractivity (Wildman–Crippen MR) is 166 cm³/mol. The normalized spacial score (nSPS) is 40.3. The summed E-state index contributed by atoms with van der Waals surface area (Å²) in [7, 11) is 1.51. The molecule has 3 fully saturated rings. The van der Waals surface area contributed by atoms with Gasteiger partial charge in [0.15, 0.2) is 12.6 Å². The molecule has 19 heteroatoms. The maximum atomic E-state index is 13.1. The van der Waals surface area contributed by atoms with E-state index in [-0.39, 0.29) is 26.2 Å². The van der Waals surface area contributed by atoms with Crippen molar-refractivity contribution < 1.29 is 69.0 Å². The molecule has 0 radical (unpaired) electrons. The zero-order valence-corrected chi connectivity index (χ0v) is 27.1. The summed E-state index contributed by atoms with van der Waals surface area (Å²) in [5.74, 6) is -0.976. The fourth-order valence-corrected chi connectivity index (χ4v) is 6.16. The SMILES string of the molecule is CN[C@@H]1[C@@H](O)[C@@H](O[C@@H]2[C@@H](O)[C@H](O[C@H]3O[C@H](CN)[C@H](O)[C@@H](O)[C@@H]3O)[C@@H](N)C[C@H]2NC(=O)[C@@H](O)CNC(=O)OCc2ccccc2)OC[C@]1(C)O. The number of ether oxygens (including phenoxy) is 5. The first kappa shape index (κ1) is 39.2. The van der Waals surface area contributed by atoms with Crippen LogP contribution in [0, 0.1) is 0 Å². The van der Waals surface area contributed by atoms with Crippen molar-refractivity contribution in [1.29, 1.82) is 0 Å². The Morgan fingerprint density at radius 2 is 1.67 bits per heavy atom. The summed E-state index contributed by atoms with van der Waals surface area (Å²) in [6.07, 6.45) is -18.0. The molecule has 0 aromatic heterocycles. The number of hydrogen-bond acceptors (Lipinski definition) is 17. The summed E-state index contributed by atoms with van der Waals surface area (Å²) in [6, 6.07) is 5.68. The average molecular weight is 704 g/mol. The van der Waals surface area contributed by atoms with E-state index in [1.54, 1.807) is 30.3 Å². The third-order valence-corrected chi connectivity index (χ3v) is 8.93. The Bertz CT molecular complexity index is 1220. The average Bonchev–Trinajstić information content (AvgIpc) is 3.07. The van der Waals surface area contributed by atoms with Crippen molar-refractivity contribution in [3.63, 3.8) is 0 Å². The third-order valence-electron chi connectivity index (χ3n) is 8.93. The topological polar surface area (TPSA) is 310 Å². The Morgan fingerprint density at radius 3 is 2.33 bits per heavy atom. The Morgan fingerprint density at radius 1 is 1.00 bits per heavy atom. The highest BCUT2D eigenvalue weighted by Gasteiger charge is 2.53. The van der Waals surface area contributed by atoms with Gasteiger partial charge in [0.2, 0.25) is 0 Å². The second-order valence-corrected chi connectivity index (χ2v) is 12.7. The fraction of sp³-hybridized carbons (Fsp3) is 0.733. The first-order chi connectivity index (χ1) is 23.2. The zero-order valence-electron chi connectivity index (χ0n) is 27.1. The van der Waals surface area contributed by atoms with Crippen molar-refractivity contribution >= 4 is 12.0 Å². The number of aliphatic hydroxyl groups is 7. The highest BCUT2D eigenvalue weighted by Crippen LogP contribution is 2.32. The number of carbonyl (C=O) groups is 2. The summed E-state index contributed by atoms with van der Waals surface area (Å²) < 4.78 is 28.0. The molecule has 2 heterocycles. The van der Waals surface area contributed by atoms with Crippen LogP contribution in [0.5, 0.6) is 0 Å². The van der Waals surface area contributed by atoms with Gasteiger partial charge in [0.25, 0.3) is 5.91 Å². The van der Waals surface area contributed by atoms with Crippen molar-refractivity contribution in [1.82, 2.24) is 16.0 Å². The molecule has 4 rings (SSSR count). The molecular formula is C30H49N5O14. The Balaban J connectivity index is 1.46. The lowest BCUT2D eigenvalue weighted by atomic mass is 9.83. The number of nitrogens with one attached hydrogen (secondary N) is 3. The molecule has 0 spiro atoms. The number of hydrogen-bond donors (Lipinski definition) is 12. The lowest BCUT2D eigenvalue weighted by Gasteiger charge is -2.49. The van der Waals surface area contributed by atoms with E-state index in [1.165, 1.54) is 14.0 Å². The van der Waals surface area contributed by atoms with Crippen molar-refractivity contribution in [2.45, 2.75) is 111 Å². The molecule has 19 nitrogen and oxygen atoms in total. The van der Waals surface area contributed by atoms with E-state index in [2.05, 4.69) is 16.0 Å². The highest BCUT2D eigenvalue weighted by atomic mass is 16.7. The van der Waals surface area contributed by atoms with E-state index in [4.69, 9.17) is 35.2 Å². The van der Waals surface area contributed by atoms with E-state index < -0.39 is 110 Å². The highest BCUT2D eigenvalue weighted by molar-refractivity contribution is 5.81. The number of likely N-dealkylation sites (N-methyl/N-ethyl adjacent to an activating group) is 1. The van der Waals surface area contributed by atoms with Crippen LogP contribution in [-0.4, -0.2) is 166 Å². The Hall–Kier alpha value is -2.60. The lowest BCUT2D eigenvalue weighted by Crippen LogP contribution is -2.70. The molecule has 0 unspecified atom stereocenters. The third kappa shape index (κ3) is 9.40. The molecule has 1 saturated carbocycles. The van der Waals surface area contributed by atoms with E-state index >= 15 is 0 Å². The number of rotatable bonds is 12. The Kier molecular flexibility index (Phi) is 13.7. The number of alkyl carbamates (subject to hydrolysis) is 1. The molecule has 2 aliphatic heterocycles. The van der Waals surface area contributed by atoms with E-state index in [0.717, 1.165) is 5.56 Å². The number of aliphatic hydroxyl groups excluding tert-OH is 6. The number of carbonyl (C=O) groups excluding carboxylic acids is 2. The van der Waals surface area contributed by atoms with Crippen LogP contribution in [0.3, 0.4) is 0 Å². The van der Waals surface area contributed by atoms with E-state index in [0.29, 0.717) is 0 Å². The van der Waals surface area contributed by atoms with Gasteiger partial charge >= 0.3 is 6.09 Å². The van der Waals surface area contributed by atoms with Gasteiger partial charge in [0, 0.05) is 12.6 Å². The van der Waals surface area contributed by atoms with Gasteiger partial charge in [-0.25, -0.2) is 4.79 Å². The van der Waals surface area contributed by atoms with Crippen LogP contribution in [0.25, 0.3) is 0 Å². The van der Waals surface area contributed by atoms with Gasteiger partial charge in [-0.3, -0.25) is 4.79 Å². The monoisotopic (exact) mass is 703 g/mol. The van der Waals surface area contributed by atoms with Crippen LogP contribution < -0.4 is 27.4 Å². The van der Waals surface area contributed by atoms with Gasteiger partial charge in [-0.1, -0.05) is 30.3 Å². The molecule has 49 heavy (non-hydrogen) atoms. The minimum absolute atomic E-state index is 0.0383. The minimum atomic E-state index is -1.78. The van der Waals surface area contributed by atoms with Gasteiger partial charge in [-0.2, -0.15) is 0 Å². The van der Waals surface area contributed by atoms with Crippen LogP contribution in [0.1, 0.15) is 18.9 Å². The van der Waals surface area contributed by atoms with Gasteiger partial charge in [-0.15, -0.1) is 0 Å². The van der Waals surface area contributed by atoms with Crippen molar-refractivity contribution in [2.75, 3.05) is 26.7 Å². The van der Waals surface area contributed by atoms with Crippen molar-refractivity contribution in [2.24, 2.45) is 11.5 Å². The van der Waals surface area contributed by atoms with Gasteiger partial charge in [-0.05, 0) is 26.0 Å². The summed E-state index contributed by atoms with van der Waals surface area (Å²) in [5.41, 5.74) is 11.2. The predicted octanol–water partition coefficient (Wildman–Crippen LogP) is -5.56. The maximum absolute atomic E-state index is 13.1. The Labute approximate surface area is 282 Å². The molecule has 14 N–H and O–H groups in total. The number of nitrogens with two attached hydrogens (primary N) is 2. The van der Waals surface area contributed by atoms with Crippen LogP contribution in [-0.2, 0) is 35.1 Å². The molecule has 278 valence electrons. The summed E-state index contributed by atoms with van der Waals surface area (Å²) >= 11 is 0. The van der Waals surface area contributed by atoms with Crippen LogP contribution in [0.15, 0.2) is 30.3 Å². The molecule has 1 aromatic carbocycles. The second kappa shape index (κ2) is 17.1. The largest absolute Gasteiger partial charge is 0.445 e. The standard InChI is InChI=1S/C30H49N5O14/c1-30(44)12-46-27(22(41)25(30)33-2)49-24-15(35-26(42)16(36)10-34-29(43)45-11-13-6-4-3-5-7-13)8-14(32)23(21(24)40)48-28-20(39)19(38)18(37)17(9-31)47-28/h3-7,14-25,27-28,33,36-41,44H,8-12,31-32H2,1-2H3,(H,34,43)(H,35,42)/t14-,15+,16-,17+,18-,19+,20-,21-,22+,23+,24-,25+,27+,28+,30-/m0/s1. The number of amides is 2. The molecule has 0 bridgehead atoms. The van der Waals surface area contributed by atoms with Crippen molar-refractivity contribution in [3.05, 3.63) is 35.9 Å². The molecule has 15 atom stereocenters. The van der Waals surface area contributed by atoms with E-state index in [9.17, 15) is 45.3 Å². The minimum Gasteiger partial charge on any atom is -0.445 e. The molecule has 1 aromatic rings. The van der Waals surface area contributed by atoms with Crippen LogP contribution >= 0.6 is 0 Å². The van der Waals surface area contributed by atoms with E-state index in [1.807, 2.05) is 0 Å². The first-order valence-electron chi connectivity index (χ1n) is 15.9. The second-order valence-electron chi connectivity index (χ2n) is 12.7. The van der Waals surface area contributed by atoms with Gasteiger partial charge in [0.05, 0.1) is 25.2 Å². The fourth-order valence-electron chi connectivity index (χ4n) is 6.16. The smallest absolute Gasteiger partial charge is 0.407 e. The first-order valence-corrected chi connectivity index (χ1v) is 15.9. The molecule has 1 aliphatic carbocycles. The summed E-state index contributed by atoms with van der Waals surface area (Å²) in [6.45, 7) is 0.349. The molecule has 2 amide bonds. The molecule has 3 aliphatic rings. The quantitative estimate of drug-likeness (QED) is 0.0966. The van der Waals surface area contributed by atoms with Gasteiger partial charge in [0.1, 0.15) is 67.1 Å². The number of benzene rings is 1.